The van der Waals surface area contributed by atoms with E-state index in [9.17, 15) is 18.0 Å². The lowest BCUT2D eigenvalue weighted by Gasteiger charge is -2.32. The Morgan fingerprint density at radius 3 is 2.36 bits per heavy atom. The van der Waals surface area contributed by atoms with Crippen molar-refractivity contribution in [1.82, 2.24) is 14.6 Å². The standard InChI is InChI=1S/C19H26N4O4S/c1-28(26,27)21-16-9-12-22(13-10-16)18(24)7-8-19(25)23-14-11-17(20-23)15-5-3-2-4-6-15/h2-6,16,21H,7-14H2,1H3. The Balaban J connectivity index is 1.44. The van der Waals surface area contributed by atoms with Gasteiger partial charge in [-0.1, -0.05) is 30.3 Å². The van der Waals surface area contributed by atoms with Gasteiger partial charge in [-0.25, -0.2) is 18.1 Å². The number of piperidine rings is 1. The van der Waals surface area contributed by atoms with Crippen molar-refractivity contribution in [3.05, 3.63) is 35.9 Å². The number of likely N-dealkylation sites (tertiary alicyclic amines) is 1. The van der Waals surface area contributed by atoms with Crippen LogP contribution in [0.5, 0.6) is 0 Å². The van der Waals surface area contributed by atoms with Crippen molar-refractivity contribution in [2.45, 2.75) is 38.1 Å². The van der Waals surface area contributed by atoms with Crippen LogP contribution in [0.3, 0.4) is 0 Å². The molecule has 2 amide bonds. The quantitative estimate of drug-likeness (QED) is 0.760. The van der Waals surface area contributed by atoms with Crippen LogP contribution >= 0.6 is 0 Å². The summed E-state index contributed by atoms with van der Waals surface area (Å²) < 4.78 is 25.2. The topological polar surface area (TPSA) is 99.2 Å². The molecule has 1 aromatic rings. The fourth-order valence-electron chi connectivity index (χ4n) is 3.52. The number of sulfonamides is 1. The second-order valence-corrected chi connectivity index (χ2v) is 9.00. The molecule has 1 aromatic carbocycles. The molecule has 2 heterocycles. The Kier molecular flexibility index (Phi) is 6.46. The lowest BCUT2D eigenvalue weighted by atomic mass is 10.1. The molecule has 0 radical (unpaired) electrons. The molecule has 0 atom stereocenters. The lowest BCUT2D eigenvalue weighted by molar-refractivity contribution is -0.137. The molecule has 3 rings (SSSR count). The van der Waals surface area contributed by atoms with Crippen LogP contribution in [0.25, 0.3) is 0 Å². The van der Waals surface area contributed by atoms with Gasteiger partial charge in [0.1, 0.15) is 0 Å². The van der Waals surface area contributed by atoms with Crippen LogP contribution in [-0.4, -0.2) is 67.8 Å². The summed E-state index contributed by atoms with van der Waals surface area (Å²) in [6.07, 6.45) is 3.31. The van der Waals surface area contributed by atoms with E-state index < -0.39 is 10.0 Å². The smallest absolute Gasteiger partial charge is 0.243 e. The number of hydrazone groups is 1. The summed E-state index contributed by atoms with van der Waals surface area (Å²) in [6.45, 7) is 1.54. The predicted molar refractivity (Wildman–Crippen MR) is 106 cm³/mol. The van der Waals surface area contributed by atoms with Gasteiger partial charge in [-0.3, -0.25) is 9.59 Å². The maximum Gasteiger partial charge on any atom is 0.243 e. The van der Waals surface area contributed by atoms with E-state index in [2.05, 4.69) is 9.82 Å². The van der Waals surface area contributed by atoms with Crippen LogP contribution < -0.4 is 4.72 Å². The lowest BCUT2D eigenvalue weighted by Crippen LogP contribution is -2.46. The van der Waals surface area contributed by atoms with Crippen LogP contribution in [0.15, 0.2) is 35.4 Å². The molecule has 9 heteroatoms. The van der Waals surface area contributed by atoms with Crippen LogP contribution in [-0.2, 0) is 19.6 Å². The first-order valence-corrected chi connectivity index (χ1v) is 11.4. The molecule has 2 aliphatic rings. The molecule has 0 aliphatic carbocycles. The Morgan fingerprint density at radius 1 is 1.07 bits per heavy atom. The average molecular weight is 407 g/mol. The molecular formula is C19H26N4O4S. The van der Waals surface area contributed by atoms with Crippen molar-refractivity contribution >= 4 is 27.5 Å². The van der Waals surface area contributed by atoms with Crippen molar-refractivity contribution in [3.63, 3.8) is 0 Å². The van der Waals surface area contributed by atoms with Crippen LogP contribution in [0.2, 0.25) is 0 Å². The number of carbonyl (C=O) groups excluding carboxylic acids is 2. The SMILES string of the molecule is CS(=O)(=O)NC1CCN(C(=O)CCC(=O)N2CCC(c3ccccc3)=N2)CC1. The van der Waals surface area contributed by atoms with Gasteiger partial charge >= 0.3 is 0 Å². The number of hydrogen-bond acceptors (Lipinski definition) is 5. The molecule has 0 aromatic heterocycles. The van der Waals surface area contributed by atoms with Gasteiger partial charge in [-0.05, 0) is 18.4 Å². The molecule has 28 heavy (non-hydrogen) atoms. The number of amides is 2. The van der Waals surface area contributed by atoms with Gasteiger partial charge in [0, 0.05) is 38.4 Å². The maximum atomic E-state index is 12.4. The largest absolute Gasteiger partial charge is 0.343 e. The molecule has 8 nitrogen and oxygen atoms in total. The zero-order valence-corrected chi connectivity index (χ0v) is 16.8. The molecule has 152 valence electrons. The van der Waals surface area contributed by atoms with Crippen LogP contribution in [0.1, 0.15) is 37.7 Å². The predicted octanol–water partition coefficient (Wildman–Crippen LogP) is 0.943. The van der Waals surface area contributed by atoms with Crippen molar-refractivity contribution in [1.29, 1.82) is 0 Å². The fraction of sp³-hybridized carbons (Fsp3) is 0.526. The third-order valence-electron chi connectivity index (χ3n) is 4.98. The highest BCUT2D eigenvalue weighted by Crippen LogP contribution is 2.16. The highest BCUT2D eigenvalue weighted by Gasteiger charge is 2.26. The van der Waals surface area contributed by atoms with E-state index in [-0.39, 0.29) is 30.7 Å². The minimum absolute atomic E-state index is 0.0717. The Labute approximate surface area is 165 Å². The van der Waals surface area contributed by atoms with Crippen molar-refractivity contribution in [3.8, 4) is 0 Å². The summed E-state index contributed by atoms with van der Waals surface area (Å²) >= 11 is 0. The summed E-state index contributed by atoms with van der Waals surface area (Å²) in [6, 6.07) is 9.63. The molecule has 0 spiro atoms. The molecule has 0 unspecified atom stereocenters. The number of carbonyl (C=O) groups is 2. The summed E-state index contributed by atoms with van der Waals surface area (Å²) in [5, 5.41) is 5.86. The number of rotatable bonds is 6. The second-order valence-electron chi connectivity index (χ2n) is 7.22. The average Bonchev–Trinajstić information content (AvgIpc) is 3.16. The zero-order chi connectivity index (χ0) is 20.1. The molecule has 0 saturated carbocycles. The Hall–Kier alpha value is -2.26. The van der Waals surface area contributed by atoms with E-state index in [1.165, 1.54) is 5.01 Å². The third-order valence-corrected chi connectivity index (χ3v) is 5.74. The van der Waals surface area contributed by atoms with Gasteiger partial charge < -0.3 is 4.90 Å². The van der Waals surface area contributed by atoms with Crippen LogP contribution in [0.4, 0.5) is 0 Å². The fourth-order valence-corrected chi connectivity index (χ4v) is 4.36. The zero-order valence-electron chi connectivity index (χ0n) is 16.0. The molecular weight excluding hydrogens is 380 g/mol. The Morgan fingerprint density at radius 2 is 1.71 bits per heavy atom. The van der Waals surface area contributed by atoms with Crippen molar-refractivity contribution in [2.24, 2.45) is 5.10 Å². The Bertz CT molecular complexity index is 846. The summed E-state index contributed by atoms with van der Waals surface area (Å²) in [5.41, 5.74) is 1.90. The first-order chi connectivity index (χ1) is 13.3. The molecule has 1 fully saturated rings. The van der Waals surface area contributed by atoms with Gasteiger partial charge in [-0.15, -0.1) is 0 Å². The molecule has 1 N–H and O–H groups in total. The van der Waals surface area contributed by atoms with Gasteiger partial charge in [0.25, 0.3) is 0 Å². The van der Waals surface area contributed by atoms with E-state index in [1.54, 1.807) is 4.90 Å². The second kappa shape index (κ2) is 8.83. The highest BCUT2D eigenvalue weighted by atomic mass is 32.2. The normalized spacial score (nSPS) is 18.2. The van der Waals surface area contributed by atoms with Gasteiger partial charge in [0.05, 0.1) is 18.5 Å². The van der Waals surface area contributed by atoms with Crippen molar-refractivity contribution in [2.75, 3.05) is 25.9 Å². The minimum Gasteiger partial charge on any atom is -0.343 e. The number of hydrogen-bond donors (Lipinski definition) is 1. The number of nitrogens with zero attached hydrogens (tertiary/aromatic N) is 3. The molecule has 1 saturated heterocycles. The van der Waals surface area contributed by atoms with E-state index in [0.717, 1.165) is 17.5 Å². The monoisotopic (exact) mass is 406 g/mol. The van der Waals surface area contributed by atoms with E-state index in [0.29, 0.717) is 38.9 Å². The summed E-state index contributed by atoms with van der Waals surface area (Å²) in [7, 11) is -3.23. The van der Waals surface area contributed by atoms with E-state index in [4.69, 9.17) is 0 Å². The molecule has 2 aliphatic heterocycles. The summed E-state index contributed by atoms with van der Waals surface area (Å²) in [5.74, 6) is -0.217. The van der Waals surface area contributed by atoms with Gasteiger partial charge in [-0.2, -0.15) is 5.10 Å². The van der Waals surface area contributed by atoms with Crippen molar-refractivity contribution < 1.29 is 18.0 Å². The first kappa shape index (κ1) is 20.5. The number of benzene rings is 1. The third kappa shape index (κ3) is 5.62. The number of nitrogens with one attached hydrogen (secondary N) is 1. The van der Waals surface area contributed by atoms with E-state index in [1.807, 2.05) is 30.3 Å². The highest BCUT2D eigenvalue weighted by molar-refractivity contribution is 7.88. The van der Waals surface area contributed by atoms with Gasteiger partial charge in [0.2, 0.25) is 21.8 Å². The van der Waals surface area contributed by atoms with Gasteiger partial charge in [0.15, 0.2) is 0 Å². The maximum absolute atomic E-state index is 12.4. The van der Waals surface area contributed by atoms with E-state index >= 15 is 0 Å². The first-order valence-electron chi connectivity index (χ1n) is 9.50. The summed E-state index contributed by atoms with van der Waals surface area (Å²) in [4.78, 5) is 26.5. The minimum atomic E-state index is -3.23. The molecule has 0 bridgehead atoms. The van der Waals surface area contributed by atoms with Crippen LogP contribution in [0, 0.1) is 0 Å².